The quantitative estimate of drug-likeness (QED) is 0.820. The molecule has 0 radical (unpaired) electrons. The number of anilines is 1. The Kier molecular flexibility index (Phi) is 3.46. The molecule has 4 nitrogen and oxygen atoms in total. The second-order valence-corrected chi connectivity index (χ2v) is 4.42. The van der Waals surface area contributed by atoms with E-state index in [-0.39, 0.29) is 5.91 Å². The number of thioether (sulfide) groups is 1. The summed E-state index contributed by atoms with van der Waals surface area (Å²) in [6, 6.07) is 7.71. The first-order chi connectivity index (χ1) is 7.75. The fourth-order valence-electron chi connectivity index (χ4n) is 1.40. The monoisotopic (exact) mass is 235 g/mol. The minimum atomic E-state index is -0.0608. The van der Waals surface area contributed by atoms with Crippen LogP contribution in [0.15, 0.2) is 34.2 Å². The molecule has 0 atom stereocenters. The van der Waals surface area contributed by atoms with Crippen LogP contribution in [0.3, 0.4) is 0 Å². The maximum absolute atomic E-state index is 11.0. The van der Waals surface area contributed by atoms with Crippen LogP contribution in [0, 0.1) is 0 Å². The van der Waals surface area contributed by atoms with E-state index in [1.807, 2.05) is 24.3 Å². The lowest BCUT2D eigenvalue weighted by Gasteiger charge is -2.08. The summed E-state index contributed by atoms with van der Waals surface area (Å²) >= 11 is 1.54. The largest absolute Gasteiger partial charge is 0.363 e. The van der Waals surface area contributed by atoms with Gasteiger partial charge in [-0.1, -0.05) is 23.9 Å². The number of hydrogen-bond acceptors (Lipinski definition) is 4. The van der Waals surface area contributed by atoms with Crippen molar-refractivity contribution in [2.24, 2.45) is 4.99 Å². The summed E-state index contributed by atoms with van der Waals surface area (Å²) in [5.41, 5.74) is 0.830. The van der Waals surface area contributed by atoms with Gasteiger partial charge in [0.2, 0.25) is 5.91 Å². The average Bonchev–Trinajstić information content (AvgIpc) is 2.73. The SMILES string of the molecule is CC(=O)Nc1ccccc1SC1=NCCN1. The van der Waals surface area contributed by atoms with Crippen molar-refractivity contribution in [2.75, 3.05) is 18.4 Å². The second-order valence-electron chi connectivity index (χ2n) is 3.39. The van der Waals surface area contributed by atoms with Crippen molar-refractivity contribution < 1.29 is 4.79 Å². The van der Waals surface area contributed by atoms with E-state index in [1.54, 1.807) is 11.8 Å². The molecule has 0 bridgehead atoms. The van der Waals surface area contributed by atoms with Crippen LogP contribution in [-0.4, -0.2) is 24.2 Å². The molecule has 1 heterocycles. The van der Waals surface area contributed by atoms with Gasteiger partial charge < -0.3 is 10.6 Å². The summed E-state index contributed by atoms with van der Waals surface area (Å²) < 4.78 is 0. The molecule has 0 saturated carbocycles. The van der Waals surface area contributed by atoms with Gasteiger partial charge in [-0.15, -0.1) is 0 Å². The molecule has 2 rings (SSSR count). The lowest BCUT2D eigenvalue weighted by Crippen LogP contribution is -2.15. The predicted molar refractivity (Wildman–Crippen MR) is 66.9 cm³/mol. The molecule has 0 fully saturated rings. The first-order valence-corrected chi connectivity index (χ1v) is 5.90. The number of benzene rings is 1. The van der Waals surface area contributed by atoms with Crippen molar-refractivity contribution in [3.63, 3.8) is 0 Å². The van der Waals surface area contributed by atoms with Crippen molar-refractivity contribution in [2.45, 2.75) is 11.8 Å². The molecule has 84 valence electrons. The van der Waals surface area contributed by atoms with E-state index >= 15 is 0 Å². The summed E-state index contributed by atoms with van der Waals surface area (Å²) in [7, 11) is 0. The number of nitrogens with one attached hydrogen (secondary N) is 2. The third-order valence-electron chi connectivity index (χ3n) is 2.05. The van der Waals surface area contributed by atoms with E-state index < -0.39 is 0 Å². The van der Waals surface area contributed by atoms with Crippen LogP contribution in [0.5, 0.6) is 0 Å². The number of hydrogen-bond donors (Lipinski definition) is 2. The smallest absolute Gasteiger partial charge is 0.221 e. The molecular weight excluding hydrogens is 222 g/mol. The molecule has 1 aromatic carbocycles. The highest BCUT2D eigenvalue weighted by atomic mass is 32.2. The maximum atomic E-state index is 11.0. The van der Waals surface area contributed by atoms with Crippen molar-refractivity contribution in [1.29, 1.82) is 0 Å². The number of aliphatic imine (C=N–C) groups is 1. The molecule has 1 amide bonds. The highest BCUT2D eigenvalue weighted by Crippen LogP contribution is 2.27. The lowest BCUT2D eigenvalue weighted by molar-refractivity contribution is -0.114. The zero-order chi connectivity index (χ0) is 11.4. The minimum absolute atomic E-state index is 0.0608. The van der Waals surface area contributed by atoms with Gasteiger partial charge in [0.15, 0.2) is 5.17 Å². The zero-order valence-corrected chi connectivity index (χ0v) is 9.80. The number of amidine groups is 1. The molecule has 0 saturated heterocycles. The molecule has 1 aliphatic rings. The van der Waals surface area contributed by atoms with Gasteiger partial charge in [0, 0.05) is 18.4 Å². The van der Waals surface area contributed by atoms with Crippen molar-refractivity contribution in [3.8, 4) is 0 Å². The Hall–Kier alpha value is -1.49. The van der Waals surface area contributed by atoms with Crippen molar-refractivity contribution >= 4 is 28.5 Å². The Bertz CT molecular complexity index is 431. The summed E-state index contributed by atoms with van der Waals surface area (Å²) in [6.07, 6.45) is 0. The topological polar surface area (TPSA) is 53.5 Å². The normalized spacial score (nSPS) is 14.2. The standard InChI is InChI=1S/C11H13N3OS/c1-8(15)14-9-4-2-3-5-10(9)16-11-12-6-7-13-11/h2-5H,6-7H2,1H3,(H,12,13)(H,14,15). The lowest BCUT2D eigenvalue weighted by atomic mass is 10.3. The molecule has 1 aromatic rings. The van der Waals surface area contributed by atoms with Crippen LogP contribution >= 0.6 is 11.8 Å². The Morgan fingerprint density at radius 3 is 3.00 bits per heavy atom. The van der Waals surface area contributed by atoms with E-state index in [4.69, 9.17) is 0 Å². The number of rotatable bonds is 2. The van der Waals surface area contributed by atoms with Gasteiger partial charge in [-0.3, -0.25) is 9.79 Å². The van der Waals surface area contributed by atoms with Crippen molar-refractivity contribution in [3.05, 3.63) is 24.3 Å². The number of carbonyl (C=O) groups excluding carboxylic acids is 1. The molecule has 1 aliphatic heterocycles. The Morgan fingerprint density at radius 2 is 2.31 bits per heavy atom. The third kappa shape index (κ3) is 2.76. The molecule has 16 heavy (non-hydrogen) atoms. The summed E-state index contributed by atoms with van der Waals surface area (Å²) in [5, 5.41) is 6.91. The second kappa shape index (κ2) is 5.03. The van der Waals surface area contributed by atoms with Gasteiger partial charge in [-0.25, -0.2) is 0 Å². The van der Waals surface area contributed by atoms with Crippen LogP contribution in [0.25, 0.3) is 0 Å². The summed E-state index contributed by atoms with van der Waals surface area (Å²) in [5.74, 6) is -0.0608. The van der Waals surface area contributed by atoms with Gasteiger partial charge in [-0.2, -0.15) is 0 Å². The fourth-order valence-corrected chi connectivity index (χ4v) is 2.31. The minimum Gasteiger partial charge on any atom is -0.363 e. The van der Waals surface area contributed by atoms with E-state index in [9.17, 15) is 4.79 Å². The van der Waals surface area contributed by atoms with Gasteiger partial charge in [-0.05, 0) is 12.1 Å². The highest BCUT2D eigenvalue weighted by Gasteiger charge is 2.10. The molecule has 0 aromatic heterocycles. The Morgan fingerprint density at radius 1 is 1.50 bits per heavy atom. The first-order valence-electron chi connectivity index (χ1n) is 5.08. The number of carbonyl (C=O) groups is 1. The van der Waals surface area contributed by atoms with Crippen LogP contribution in [0.2, 0.25) is 0 Å². The average molecular weight is 235 g/mol. The molecule has 2 N–H and O–H groups in total. The van der Waals surface area contributed by atoms with E-state index in [0.29, 0.717) is 0 Å². The van der Waals surface area contributed by atoms with Crippen LogP contribution in [0.4, 0.5) is 5.69 Å². The van der Waals surface area contributed by atoms with Crippen molar-refractivity contribution in [1.82, 2.24) is 5.32 Å². The molecule has 0 spiro atoms. The van der Waals surface area contributed by atoms with E-state index in [2.05, 4.69) is 15.6 Å². The van der Waals surface area contributed by atoms with Gasteiger partial charge in [0.1, 0.15) is 0 Å². The summed E-state index contributed by atoms with van der Waals surface area (Å²) in [6.45, 7) is 3.22. The van der Waals surface area contributed by atoms with Crippen LogP contribution in [0.1, 0.15) is 6.92 Å². The molecule has 5 heteroatoms. The van der Waals surface area contributed by atoms with Gasteiger partial charge >= 0.3 is 0 Å². The van der Waals surface area contributed by atoms with Crippen LogP contribution in [-0.2, 0) is 4.79 Å². The van der Waals surface area contributed by atoms with Crippen LogP contribution < -0.4 is 10.6 Å². The fraction of sp³-hybridized carbons (Fsp3) is 0.273. The van der Waals surface area contributed by atoms with E-state index in [0.717, 1.165) is 28.8 Å². The first kappa shape index (κ1) is 11.0. The number of amides is 1. The van der Waals surface area contributed by atoms with Gasteiger partial charge in [0.25, 0.3) is 0 Å². The third-order valence-corrected chi connectivity index (χ3v) is 3.09. The van der Waals surface area contributed by atoms with E-state index in [1.165, 1.54) is 6.92 Å². The molecule has 0 unspecified atom stereocenters. The molecular formula is C11H13N3OS. The highest BCUT2D eigenvalue weighted by molar-refractivity contribution is 8.14. The Labute approximate surface area is 98.5 Å². The zero-order valence-electron chi connectivity index (χ0n) is 8.99. The number of nitrogens with zero attached hydrogens (tertiary/aromatic N) is 1. The van der Waals surface area contributed by atoms with Gasteiger partial charge in [0.05, 0.1) is 12.2 Å². The molecule has 0 aliphatic carbocycles. The Balaban J connectivity index is 2.15. The summed E-state index contributed by atoms with van der Waals surface area (Å²) in [4.78, 5) is 16.3. The number of para-hydroxylation sites is 1. The maximum Gasteiger partial charge on any atom is 0.221 e. The predicted octanol–water partition coefficient (Wildman–Crippen LogP) is 1.70.